The fraction of sp³-hybridized carbons (Fsp3) is 0.391. The minimum atomic E-state index is -1.10. The van der Waals surface area contributed by atoms with E-state index in [2.05, 4.69) is 23.5 Å². The first-order valence-electron chi connectivity index (χ1n) is 9.65. The highest BCUT2D eigenvalue weighted by molar-refractivity contribution is 6.12. The normalized spacial score (nSPS) is 16.1. The van der Waals surface area contributed by atoms with Crippen LogP contribution in [0, 0.1) is 5.41 Å². The summed E-state index contributed by atoms with van der Waals surface area (Å²) in [5.41, 5.74) is 2.25. The van der Waals surface area contributed by atoms with Crippen LogP contribution in [0.1, 0.15) is 38.3 Å². The van der Waals surface area contributed by atoms with Crippen LogP contribution >= 0.6 is 0 Å². The van der Waals surface area contributed by atoms with Crippen molar-refractivity contribution in [3.05, 3.63) is 65.7 Å². The number of carbonyl (C=O) groups is 2. The molecule has 0 saturated heterocycles. The van der Waals surface area contributed by atoms with Gasteiger partial charge < -0.3 is 10.2 Å². The van der Waals surface area contributed by atoms with Gasteiger partial charge in [-0.3, -0.25) is 9.59 Å². The van der Waals surface area contributed by atoms with Crippen LogP contribution in [-0.4, -0.2) is 24.4 Å². The van der Waals surface area contributed by atoms with Crippen molar-refractivity contribution in [2.45, 2.75) is 46.1 Å². The molecule has 0 aromatic heterocycles. The van der Waals surface area contributed by atoms with E-state index < -0.39 is 5.41 Å². The highest BCUT2D eigenvalue weighted by Gasteiger charge is 2.43. The third kappa shape index (κ3) is 4.05. The number of benzene rings is 2. The quantitative estimate of drug-likeness (QED) is 0.627. The SMILES string of the molecule is CC1Cc2ccccc2N1C(=O)C(C)(C)C(=O)NCCCc1ccccc1. The first-order chi connectivity index (χ1) is 12.9. The lowest BCUT2D eigenvalue weighted by molar-refractivity contribution is -0.139. The minimum Gasteiger partial charge on any atom is -0.355 e. The Balaban J connectivity index is 1.59. The van der Waals surface area contributed by atoms with Crippen molar-refractivity contribution in [3.63, 3.8) is 0 Å². The van der Waals surface area contributed by atoms with Crippen molar-refractivity contribution >= 4 is 17.5 Å². The zero-order chi connectivity index (χ0) is 19.4. The molecule has 0 bridgehead atoms. The standard InChI is InChI=1S/C23H28N2O2/c1-17-16-19-13-7-8-14-20(19)25(17)22(27)23(2,3)21(26)24-15-9-12-18-10-5-4-6-11-18/h4-8,10-11,13-14,17H,9,12,15-16H2,1-3H3,(H,24,26). The van der Waals surface area contributed by atoms with Gasteiger partial charge in [0.15, 0.2) is 0 Å². The van der Waals surface area contributed by atoms with E-state index in [1.54, 1.807) is 18.7 Å². The van der Waals surface area contributed by atoms with Gasteiger partial charge in [-0.1, -0.05) is 48.5 Å². The lowest BCUT2D eigenvalue weighted by atomic mass is 9.89. The van der Waals surface area contributed by atoms with Crippen molar-refractivity contribution in [3.8, 4) is 0 Å². The van der Waals surface area contributed by atoms with E-state index in [9.17, 15) is 9.59 Å². The van der Waals surface area contributed by atoms with Gasteiger partial charge in [-0.25, -0.2) is 0 Å². The number of hydrogen-bond donors (Lipinski definition) is 1. The number of fused-ring (bicyclic) bond motifs is 1. The van der Waals surface area contributed by atoms with Gasteiger partial charge in [0.2, 0.25) is 11.8 Å². The van der Waals surface area contributed by atoms with Crippen molar-refractivity contribution in [1.29, 1.82) is 0 Å². The third-order valence-electron chi connectivity index (χ3n) is 5.30. The van der Waals surface area contributed by atoms with Crippen LogP contribution in [0.15, 0.2) is 54.6 Å². The molecule has 1 N–H and O–H groups in total. The predicted octanol–water partition coefficient (Wildman–Crippen LogP) is 3.74. The number of nitrogens with one attached hydrogen (secondary N) is 1. The molecule has 2 aromatic carbocycles. The maximum Gasteiger partial charge on any atom is 0.242 e. The summed E-state index contributed by atoms with van der Waals surface area (Å²) in [5, 5.41) is 2.95. The summed E-state index contributed by atoms with van der Waals surface area (Å²) in [6.45, 7) is 6.04. The van der Waals surface area contributed by atoms with Gasteiger partial charge in [0, 0.05) is 18.3 Å². The summed E-state index contributed by atoms with van der Waals surface area (Å²) in [6, 6.07) is 18.2. The van der Waals surface area contributed by atoms with Crippen LogP contribution in [0.25, 0.3) is 0 Å². The van der Waals surface area contributed by atoms with Gasteiger partial charge in [0.1, 0.15) is 5.41 Å². The van der Waals surface area contributed by atoms with Crippen LogP contribution in [0.4, 0.5) is 5.69 Å². The van der Waals surface area contributed by atoms with E-state index in [1.807, 2.05) is 43.3 Å². The monoisotopic (exact) mass is 364 g/mol. The van der Waals surface area contributed by atoms with E-state index in [0.29, 0.717) is 6.54 Å². The number of hydrogen-bond acceptors (Lipinski definition) is 2. The molecule has 0 fully saturated rings. The van der Waals surface area contributed by atoms with Crippen LogP contribution < -0.4 is 10.2 Å². The summed E-state index contributed by atoms with van der Waals surface area (Å²) in [5.74, 6) is -0.349. The summed E-state index contributed by atoms with van der Waals surface area (Å²) in [7, 11) is 0. The van der Waals surface area contributed by atoms with Gasteiger partial charge in [-0.2, -0.15) is 0 Å². The molecule has 142 valence electrons. The summed E-state index contributed by atoms with van der Waals surface area (Å²) >= 11 is 0. The Morgan fingerprint density at radius 3 is 2.48 bits per heavy atom. The second-order valence-electron chi connectivity index (χ2n) is 7.83. The molecule has 0 aliphatic carbocycles. The highest BCUT2D eigenvalue weighted by Crippen LogP contribution is 2.35. The molecule has 0 saturated carbocycles. The number of para-hydroxylation sites is 1. The van der Waals surface area contributed by atoms with Crippen molar-refractivity contribution in [1.82, 2.24) is 5.32 Å². The van der Waals surface area contributed by atoms with Crippen LogP contribution in [0.5, 0.6) is 0 Å². The Labute approximate surface area is 161 Å². The number of aryl methyl sites for hydroxylation is 1. The predicted molar refractivity (Wildman–Crippen MR) is 109 cm³/mol. The minimum absolute atomic E-state index is 0.0695. The Hall–Kier alpha value is -2.62. The summed E-state index contributed by atoms with van der Waals surface area (Å²) in [4.78, 5) is 27.7. The molecule has 27 heavy (non-hydrogen) atoms. The second-order valence-corrected chi connectivity index (χ2v) is 7.83. The fourth-order valence-corrected chi connectivity index (χ4v) is 3.63. The lowest BCUT2D eigenvalue weighted by Gasteiger charge is -2.31. The number of amides is 2. The highest BCUT2D eigenvalue weighted by atomic mass is 16.2. The van der Waals surface area contributed by atoms with Crippen molar-refractivity contribution in [2.75, 3.05) is 11.4 Å². The Bertz CT molecular complexity index is 814. The lowest BCUT2D eigenvalue weighted by Crippen LogP contribution is -2.51. The van der Waals surface area contributed by atoms with Gasteiger partial charge in [0.05, 0.1) is 0 Å². The van der Waals surface area contributed by atoms with E-state index in [-0.39, 0.29) is 17.9 Å². The number of carbonyl (C=O) groups excluding carboxylic acids is 2. The molecule has 1 unspecified atom stereocenters. The van der Waals surface area contributed by atoms with E-state index >= 15 is 0 Å². The summed E-state index contributed by atoms with van der Waals surface area (Å²) < 4.78 is 0. The molecule has 1 atom stereocenters. The van der Waals surface area contributed by atoms with Gasteiger partial charge in [-0.15, -0.1) is 0 Å². The van der Waals surface area contributed by atoms with Crippen LogP contribution in [-0.2, 0) is 22.4 Å². The smallest absolute Gasteiger partial charge is 0.242 e. The van der Waals surface area contributed by atoms with E-state index in [1.165, 1.54) is 5.56 Å². The largest absolute Gasteiger partial charge is 0.355 e. The van der Waals surface area contributed by atoms with Gasteiger partial charge in [0.25, 0.3) is 0 Å². The van der Waals surface area contributed by atoms with Crippen molar-refractivity contribution < 1.29 is 9.59 Å². The molecule has 3 rings (SSSR count). The molecule has 4 heteroatoms. The second kappa shape index (κ2) is 7.95. The maximum atomic E-state index is 13.2. The number of nitrogens with zero attached hydrogens (tertiary/aromatic N) is 1. The topological polar surface area (TPSA) is 49.4 Å². The first-order valence-corrected chi connectivity index (χ1v) is 9.65. The zero-order valence-electron chi connectivity index (χ0n) is 16.4. The fourth-order valence-electron chi connectivity index (χ4n) is 3.63. The average Bonchev–Trinajstić information content (AvgIpc) is 3.00. The number of anilines is 1. The molecule has 4 nitrogen and oxygen atoms in total. The summed E-state index contributed by atoms with van der Waals surface area (Å²) in [6.07, 6.45) is 2.59. The maximum absolute atomic E-state index is 13.2. The molecular weight excluding hydrogens is 336 g/mol. The first kappa shape index (κ1) is 19.2. The molecule has 2 aromatic rings. The Morgan fingerprint density at radius 2 is 1.74 bits per heavy atom. The molecule has 1 aliphatic rings. The zero-order valence-corrected chi connectivity index (χ0v) is 16.4. The molecular formula is C23H28N2O2. The number of rotatable bonds is 6. The van der Waals surface area contributed by atoms with Gasteiger partial charge in [-0.05, 0) is 57.2 Å². The molecule has 0 radical (unpaired) electrons. The van der Waals surface area contributed by atoms with Crippen LogP contribution in [0.3, 0.4) is 0 Å². The van der Waals surface area contributed by atoms with Crippen LogP contribution in [0.2, 0.25) is 0 Å². The van der Waals surface area contributed by atoms with E-state index in [0.717, 1.165) is 30.5 Å². The Kier molecular flexibility index (Phi) is 5.64. The molecule has 2 amide bonds. The molecule has 1 heterocycles. The average molecular weight is 364 g/mol. The molecule has 1 aliphatic heterocycles. The van der Waals surface area contributed by atoms with E-state index in [4.69, 9.17) is 0 Å². The Morgan fingerprint density at radius 1 is 1.07 bits per heavy atom. The molecule has 0 spiro atoms. The van der Waals surface area contributed by atoms with Crippen molar-refractivity contribution in [2.24, 2.45) is 5.41 Å². The third-order valence-corrected chi connectivity index (χ3v) is 5.30. The van der Waals surface area contributed by atoms with Gasteiger partial charge >= 0.3 is 0 Å².